The number of aryl methyl sites for hydroxylation is 1. The monoisotopic (exact) mass is 327 g/mol. The van der Waals surface area contributed by atoms with Crippen LogP contribution in [0, 0.1) is 0 Å². The van der Waals surface area contributed by atoms with Gasteiger partial charge >= 0.3 is 11.9 Å². The van der Waals surface area contributed by atoms with Gasteiger partial charge in [0.25, 0.3) is 0 Å². The van der Waals surface area contributed by atoms with Crippen LogP contribution in [0.5, 0.6) is 0 Å². The van der Waals surface area contributed by atoms with Gasteiger partial charge in [0.05, 0.1) is 25.0 Å². The van der Waals surface area contributed by atoms with Crippen LogP contribution in [0.1, 0.15) is 46.8 Å². The van der Waals surface area contributed by atoms with Crippen molar-refractivity contribution in [2.45, 2.75) is 26.7 Å². The van der Waals surface area contributed by atoms with Crippen molar-refractivity contribution in [3.8, 4) is 11.1 Å². The summed E-state index contributed by atoms with van der Waals surface area (Å²) in [6.45, 7) is 3.99. The quantitative estimate of drug-likeness (QED) is 0.758. The van der Waals surface area contributed by atoms with E-state index in [4.69, 9.17) is 9.47 Å². The molecule has 0 N–H and O–H groups in total. The molecule has 0 atom stereocenters. The van der Waals surface area contributed by atoms with Gasteiger partial charge < -0.3 is 9.47 Å². The molecule has 0 saturated carbocycles. The zero-order valence-electron chi connectivity index (χ0n) is 14.2. The molecule has 0 bridgehead atoms. The summed E-state index contributed by atoms with van der Waals surface area (Å²) in [5.41, 5.74) is 2.51. The molecule has 1 aromatic heterocycles. The molecule has 24 heavy (non-hydrogen) atoms. The largest absolute Gasteiger partial charge is 0.465 e. The lowest BCUT2D eigenvalue weighted by atomic mass is 9.99. The van der Waals surface area contributed by atoms with Crippen LogP contribution in [-0.2, 0) is 15.9 Å². The predicted octanol–water partition coefficient (Wildman–Crippen LogP) is 3.66. The second-order valence-corrected chi connectivity index (χ2v) is 5.21. The first-order valence-electron chi connectivity index (χ1n) is 7.97. The number of nitrogens with zero attached hydrogens (tertiary/aromatic N) is 1. The third kappa shape index (κ3) is 3.79. The Morgan fingerprint density at radius 1 is 1.08 bits per heavy atom. The van der Waals surface area contributed by atoms with Crippen LogP contribution in [0.15, 0.2) is 36.4 Å². The molecule has 2 rings (SSSR count). The van der Waals surface area contributed by atoms with E-state index in [9.17, 15) is 9.59 Å². The molecular formula is C19H21NO4. The number of pyridine rings is 1. The van der Waals surface area contributed by atoms with E-state index in [-0.39, 0.29) is 12.3 Å². The molecule has 0 fully saturated rings. The standard InChI is InChI=1S/C19H21NO4/c1-4-9-16-15(18(21)23-3)12-14(13-10-7-6-8-11-13)17(20-16)19(22)24-5-2/h6-8,10-12H,4-5,9H2,1-3H3. The minimum atomic E-state index is -0.495. The molecule has 0 saturated heterocycles. The highest BCUT2D eigenvalue weighted by Crippen LogP contribution is 2.27. The Bertz CT molecular complexity index is 726. The van der Waals surface area contributed by atoms with Crippen LogP contribution in [0.25, 0.3) is 11.1 Å². The molecule has 2 aromatic rings. The fourth-order valence-corrected chi connectivity index (χ4v) is 2.46. The number of carbonyl (C=O) groups excluding carboxylic acids is 2. The Kier molecular flexibility index (Phi) is 6.07. The van der Waals surface area contributed by atoms with Gasteiger partial charge in [-0.2, -0.15) is 0 Å². The van der Waals surface area contributed by atoms with E-state index in [0.29, 0.717) is 23.2 Å². The topological polar surface area (TPSA) is 65.5 Å². The lowest BCUT2D eigenvalue weighted by Gasteiger charge is -2.14. The summed E-state index contributed by atoms with van der Waals surface area (Å²) in [5, 5.41) is 0. The molecular weight excluding hydrogens is 306 g/mol. The van der Waals surface area contributed by atoms with Gasteiger partial charge in [0.1, 0.15) is 0 Å². The number of hydrogen-bond acceptors (Lipinski definition) is 5. The van der Waals surface area contributed by atoms with Crippen molar-refractivity contribution in [2.75, 3.05) is 13.7 Å². The first kappa shape index (κ1) is 17.7. The average Bonchev–Trinajstić information content (AvgIpc) is 2.62. The molecule has 0 unspecified atom stereocenters. The maximum Gasteiger partial charge on any atom is 0.357 e. The van der Waals surface area contributed by atoms with E-state index in [1.54, 1.807) is 13.0 Å². The number of carbonyl (C=O) groups is 2. The molecule has 0 radical (unpaired) electrons. The number of benzene rings is 1. The fraction of sp³-hybridized carbons (Fsp3) is 0.316. The SMILES string of the molecule is CCCc1nc(C(=O)OCC)c(-c2ccccc2)cc1C(=O)OC. The number of ether oxygens (including phenoxy) is 2. The number of aromatic nitrogens is 1. The number of hydrogen-bond donors (Lipinski definition) is 0. The van der Waals surface area contributed by atoms with Crippen LogP contribution >= 0.6 is 0 Å². The number of methoxy groups -OCH3 is 1. The Hall–Kier alpha value is -2.69. The summed E-state index contributed by atoms with van der Waals surface area (Å²) in [4.78, 5) is 28.9. The van der Waals surface area contributed by atoms with Crippen molar-refractivity contribution in [2.24, 2.45) is 0 Å². The van der Waals surface area contributed by atoms with Crippen LogP contribution in [0.3, 0.4) is 0 Å². The Labute approximate surface area is 141 Å². The molecule has 126 valence electrons. The van der Waals surface area contributed by atoms with Gasteiger partial charge in [-0.3, -0.25) is 0 Å². The van der Waals surface area contributed by atoms with Crippen LogP contribution in [0.2, 0.25) is 0 Å². The smallest absolute Gasteiger partial charge is 0.357 e. The van der Waals surface area contributed by atoms with Crippen molar-refractivity contribution < 1.29 is 19.1 Å². The summed E-state index contributed by atoms with van der Waals surface area (Å²) in [6, 6.07) is 11.0. The number of esters is 2. The Balaban J connectivity index is 2.68. The summed E-state index contributed by atoms with van der Waals surface area (Å²) in [5.74, 6) is -0.955. The Morgan fingerprint density at radius 3 is 2.38 bits per heavy atom. The van der Waals surface area contributed by atoms with Gasteiger partial charge in [-0.05, 0) is 25.0 Å². The van der Waals surface area contributed by atoms with Crippen LogP contribution < -0.4 is 0 Å². The molecule has 0 aliphatic rings. The summed E-state index contributed by atoms with van der Waals surface area (Å²) in [6.07, 6.45) is 1.37. The van der Waals surface area contributed by atoms with E-state index in [0.717, 1.165) is 12.0 Å². The lowest BCUT2D eigenvalue weighted by Crippen LogP contribution is -2.15. The minimum absolute atomic E-state index is 0.221. The normalized spacial score (nSPS) is 10.3. The van der Waals surface area contributed by atoms with Gasteiger partial charge in [-0.1, -0.05) is 43.7 Å². The van der Waals surface area contributed by atoms with E-state index in [1.807, 2.05) is 37.3 Å². The van der Waals surface area contributed by atoms with Crippen molar-refractivity contribution in [3.05, 3.63) is 53.3 Å². The molecule has 0 aliphatic carbocycles. The molecule has 0 spiro atoms. The van der Waals surface area contributed by atoms with Crippen molar-refractivity contribution in [1.29, 1.82) is 0 Å². The van der Waals surface area contributed by atoms with Crippen LogP contribution in [-0.4, -0.2) is 30.6 Å². The van der Waals surface area contributed by atoms with Crippen LogP contribution in [0.4, 0.5) is 0 Å². The maximum absolute atomic E-state index is 12.3. The van der Waals surface area contributed by atoms with Gasteiger partial charge in [-0.15, -0.1) is 0 Å². The van der Waals surface area contributed by atoms with E-state index >= 15 is 0 Å². The van der Waals surface area contributed by atoms with E-state index in [2.05, 4.69) is 4.98 Å². The number of rotatable bonds is 6. The third-order valence-corrected chi connectivity index (χ3v) is 3.55. The lowest BCUT2D eigenvalue weighted by molar-refractivity contribution is 0.0517. The molecule has 1 heterocycles. The summed E-state index contributed by atoms with van der Waals surface area (Å²) < 4.78 is 10.00. The first-order chi connectivity index (χ1) is 11.6. The van der Waals surface area contributed by atoms with Crippen molar-refractivity contribution in [1.82, 2.24) is 4.98 Å². The Morgan fingerprint density at radius 2 is 1.79 bits per heavy atom. The molecule has 0 aliphatic heterocycles. The molecule has 0 amide bonds. The van der Waals surface area contributed by atoms with E-state index in [1.165, 1.54) is 7.11 Å². The summed E-state index contributed by atoms with van der Waals surface area (Å²) in [7, 11) is 1.33. The highest BCUT2D eigenvalue weighted by Gasteiger charge is 2.22. The highest BCUT2D eigenvalue weighted by atomic mass is 16.5. The second-order valence-electron chi connectivity index (χ2n) is 5.21. The molecule has 5 nitrogen and oxygen atoms in total. The maximum atomic E-state index is 12.3. The summed E-state index contributed by atoms with van der Waals surface area (Å²) >= 11 is 0. The third-order valence-electron chi connectivity index (χ3n) is 3.55. The van der Waals surface area contributed by atoms with Gasteiger partial charge in [0, 0.05) is 5.56 Å². The van der Waals surface area contributed by atoms with E-state index < -0.39 is 11.9 Å². The zero-order chi connectivity index (χ0) is 17.5. The minimum Gasteiger partial charge on any atom is -0.465 e. The van der Waals surface area contributed by atoms with Gasteiger partial charge in [0.15, 0.2) is 5.69 Å². The highest BCUT2D eigenvalue weighted by molar-refractivity contribution is 5.99. The van der Waals surface area contributed by atoms with Crippen molar-refractivity contribution in [3.63, 3.8) is 0 Å². The first-order valence-corrected chi connectivity index (χ1v) is 7.97. The molecule has 5 heteroatoms. The van der Waals surface area contributed by atoms with Crippen molar-refractivity contribution >= 4 is 11.9 Å². The predicted molar refractivity (Wildman–Crippen MR) is 91.0 cm³/mol. The van der Waals surface area contributed by atoms with Gasteiger partial charge in [-0.25, -0.2) is 14.6 Å². The average molecular weight is 327 g/mol. The molecule has 1 aromatic carbocycles. The fourth-order valence-electron chi connectivity index (χ4n) is 2.46. The second kappa shape index (κ2) is 8.24. The van der Waals surface area contributed by atoms with Gasteiger partial charge in [0.2, 0.25) is 0 Å². The zero-order valence-corrected chi connectivity index (χ0v) is 14.2.